The number of aromatic nitrogens is 3. The fourth-order valence-corrected chi connectivity index (χ4v) is 4.37. The second kappa shape index (κ2) is 6.84. The number of carbonyl (C=O) groups is 2. The number of H-pyrrole nitrogens is 1. The minimum Gasteiger partial charge on any atom is -0.449 e. The summed E-state index contributed by atoms with van der Waals surface area (Å²) in [5.74, 6) is -0.540. The molecule has 7 nitrogen and oxygen atoms in total. The average molecular weight is 388 g/mol. The lowest BCUT2D eigenvalue weighted by atomic mass is 9.75. The van der Waals surface area contributed by atoms with Crippen molar-refractivity contribution < 1.29 is 14.3 Å². The van der Waals surface area contributed by atoms with Crippen LogP contribution in [0.1, 0.15) is 41.7 Å². The van der Waals surface area contributed by atoms with Gasteiger partial charge in [0.15, 0.2) is 5.69 Å². The number of anilines is 1. The molecule has 3 heterocycles. The van der Waals surface area contributed by atoms with Crippen LogP contribution in [0.5, 0.6) is 0 Å². The number of rotatable bonds is 3. The minimum atomic E-state index is -0.637. The maximum absolute atomic E-state index is 12.9. The summed E-state index contributed by atoms with van der Waals surface area (Å²) in [6.07, 6.45) is 5.76. The third kappa shape index (κ3) is 2.99. The van der Waals surface area contributed by atoms with Gasteiger partial charge in [-0.05, 0) is 31.7 Å². The molecule has 0 radical (unpaired) electrons. The Labute approximate surface area is 167 Å². The molecule has 7 heteroatoms. The number of esters is 1. The third-order valence-corrected chi connectivity index (χ3v) is 5.90. The molecular weight excluding hydrogens is 368 g/mol. The van der Waals surface area contributed by atoms with Crippen LogP contribution in [-0.2, 0) is 15.1 Å². The van der Waals surface area contributed by atoms with Gasteiger partial charge in [-0.3, -0.25) is 9.89 Å². The molecule has 3 aromatic rings. The van der Waals surface area contributed by atoms with Crippen LogP contribution in [0.2, 0.25) is 0 Å². The number of pyridine rings is 1. The number of hydrogen-bond donors (Lipinski definition) is 2. The summed E-state index contributed by atoms with van der Waals surface area (Å²) >= 11 is 0. The van der Waals surface area contributed by atoms with E-state index in [9.17, 15) is 9.59 Å². The van der Waals surface area contributed by atoms with Crippen LogP contribution in [0.25, 0.3) is 11.3 Å². The van der Waals surface area contributed by atoms with Crippen molar-refractivity contribution in [3.8, 4) is 11.3 Å². The Hall–Kier alpha value is -3.48. The summed E-state index contributed by atoms with van der Waals surface area (Å²) in [5, 5.41) is 10.1. The standard InChI is InChI=1S/C22H20N4O3/c27-20(25-17-13-24-26-18(17)14-5-2-1-3-6-14)15-8-10-22(11-9-15)16-7-4-12-23-19(16)21(28)29-22/h1-7,12-13,15H,8-11H2,(H,24,26)(H,25,27). The van der Waals surface area contributed by atoms with Crippen molar-refractivity contribution in [1.29, 1.82) is 0 Å². The lowest BCUT2D eigenvalue weighted by molar-refractivity contribution is -0.122. The number of amides is 1. The molecule has 2 aromatic heterocycles. The number of nitrogens with one attached hydrogen (secondary N) is 2. The molecule has 5 rings (SSSR count). The number of hydrogen-bond acceptors (Lipinski definition) is 5. The van der Waals surface area contributed by atoms with Gasteiger partial charge in [0.2, 0.25) is 5.91 Å². The van der Waals surface area contributed by atoms with Gasteiger partial charge in [-0.25, -0.2) is 9.78 Å². The van der Waals surface area contributed by atoms with Gasteiger partial charge in [0.25, 0.3) is 0 Å². The van der Waals surface area contributed by atoms with Gasteiger partial charge in [-0.15, -0.1) is 0 Å². The van der Waals surface area contributed by atoms with E-state index < -0.39 is 5.60 Å². The first kappa shape index (κ1) is 17.6. The number of fused-ring (bicyclic) bond motifs is 2. The molecule has 146 valence electrons. The van der Waals surface area contributed by atoms with Crippen molar-refractivity contribution in [3.63, 3.8) is 0 Å². The SMILES string of the molecule is O=C1OC2(CCC(C(=O)Nc3cn[nH]c3-c3ccccc3)CC2)c2cccnc21. The molecule has 1 spiro atoms. The highest BCUT2D eigenvalue weighted by Crippen LogP contribution is 2.47. The summed E-state index contributed by atoms with van der Waals surface area (Å²) in [6, 6.07) is 13.5. The largest absolute Gasteiger partial charge is 0.449 e. The molecule has 1 aliphatic heterocycles. The fraction of sp³-hybridized carbons (Fsp3) is 0.273. The lowest BCUT2D eigenvalue weighted by Gasteiger charge is -2.35. The number of aromatic amines is 1. The van der Waals surface area contributed by atoms with Crippen molar-refractivity contribution in [2.24, 2.45) is 5.92 Å². The van der Waals surface area contributed by atoms with Crippen molar-refractivity contribution >= 4 is 17.6 Å². The van der Waals surface area contributed by atoms with Gasteiger partial charge < -0.3 is 10.1 Å². The maximum atomic E-state index is 12.9. The minimum absolute atomic E-state index is 0.0332. The predicted molar refractivity (Wildman–Crippen MR) is 106 cm³/mol. The van der Waals surface area contributed by atoms with E-state index in [1.54, 1.807) is 12.4 Å². The Kier molecular flexibility index (Phi) is 4.16. The average Bonchev–Trinajstić information content (AvgIpc) is 3.32. The summed E-state index contributed by atoms with van der Waals surface area (Å²) in [7, 11) is 0. The van der Waals surface area contributed by atoms with Gasteiger partial charge in [0, 0.05) is 23.2 Å². The van der Waals surface area contributed by atoms with Gasteiger partial charge in [-0.1, -0.05) is 36.4 Å². The zero-order valence-corrected chi connectivity index (χ0v) is 15.7. The quantitative estimate of drug-likeness (QED) is 0.668. The Morgan fingerprint density at radius 3 is 2.72 bits per heavy atom. The Balaban J connectivity index is 1.29. The Morgan fingerprint density at radius 1 is 1.14 bits per heavy atom. The maximum Gasteiger partial charge on any atom is 0.358 e. The van der Waals surface area contributed by atoms with Crippen LogP contribution in [0, 0.1) is 5.92 Å². The van der Waals surface area contributed by atoms with E-state index in [0.29, 0.717) is 37.1 Å². The smallest absolute Gasteiger partial charge is 0.358 e. The summed E-state index contributed by atoms with van der Waals surface area (Å²) in [4.78, 5) is 29.2. The van der Waals surface area contributed by atoms with Crippen LogP contribution >= 0.6 is 0 Å². The number of nitrogens with zero attached hydrogens (tertiary/aromatic N) is 2. The van der Waals surface area contributed by atoms with Crippen molar-refractivity contribution in [2.45, 2.75) is 31.3 Å². The molecule has 0 saturated heterocycles. The van der Waals surface area contributed by atoms with E-state index in [1.165, 1.54) is 0 Å². The van der Waals surface area contributed by atoms with E-state index in [4.69, 9.17) is 4.74 Å². The summed E-state index contributed by atoms with van der Waals surface area (Å²) < 4.78 is 5.72. The molecule has 29 heavy (non-hydrogen) atoms. The van der Waals surface area contributed by atoms with Gasteiger partial charge >= 0.3 is 5.97 Å². The third-order valence-electron chi connectivity index (χ3n) is 5.90. The topological polar surface area (TPSA) is 97.0 Å². The zero-order valence-electron chi connectivity index (χ0n) is 15.7. The molecule has 1 aromatic carbocycles. The highest BCUT2D eigenvalue weighted by molar-refractivity contribution is 5.96. The van der Waals surface area contributed by atoms with Crippen LogP contribution in [0.4, 0.5) is 5.69 Å². The number of benzene rings is 1. The van der Waals surface area contributed by atoms with E-state index in [2.05, 4.69) is 20.5 Å². The predicted octanol–water partition coefficient (Wildman–Crippen LogP) is 3.67. The van der Waals surface area contributed by atoms with Crippen molar-refractivity contribution in [2.75, 3.05) is 5.32 Å². The van der Waals surface area contributed by atoms with Gasteiger partial charge in [0.1, 0.15) is 5.60 Å². The highest BCUT2D eigenvalue weighted by atomic mass is 16.6. The fourth-order valence-electron chi connectivity index (χ4n) is 4.37. The normalized spacial score (nSPS) is 22.9. The molecule has 1 amide bonds. The molecule has 1 saturated carbocycles. The zero-order chi connectivity index (χ0) is 19.8. The molecule has 1 fully saturated rings. The monoisotopic (exact) mass is 388 g/mol. The number of carbonyl (C=O) groups excluding carboxylic acids is 2. The first-order valence-corrected chi connectivity index (χ1v) is 9.75. The molecule has 2 N–H and O–H groups in total. The second-order valence-corrected chi connectivity index (χ2v) is 7.57. The first-order chi connectivity index (χ1) is 14.2. The Bertz CT molecular complexity index is 1070. The van der Waals surface area contributed by atoms with E-state index in [0.717, 1.165) is 16.8 Å². The molecule has 0 atom stereocenters. The molecule has 0 bridgehead atoms. The van der Waals surface area contributed by atoms with E-state index >= 15 is 0 Å². The van der Waals surface area contributed by atoms with E-state index in [1.807, 2.05) is 42.5 Å². The van der Waals surface area contributed by atoms with Crippen LogP contribution < -0.4 is 5.32 Å². The van der Waals surface area contributed by atoms with E-state index in [-0.39, 0.29) is 17.8 Å². The number of ether oxygens (including phenoxy) is 1. The molecule has 2 aliphatic rings. The van der Waals surface area contributed by atoms with Crippen LogP contribution in [0.15, 0.2) is 54.9 Å². The van der Waals surface area contributed by atoms with Crippen molar-refractivity contribution in [1.82, 2.24) is 15.2 Å². The van der Waals surface area contributed by atoms with Crippen LogP contribution in [-0.4, -0.2) is 27.1 Å². The first-order valence-electron chi connectivity index (χ1n) is 9.75. The van der Waals surface area contributed by atoms with Crippen molar-refractivity contribution in [3.05, 3.63) is 66.1 Å². The second-order valence-electron chi connectivity index (χ2n) is 7.57. The molecular formula is C22H20N4O3. The Morgan fingerprint density at radius 2 is 1.93 bits per heavy atom. The summed E-state index contributed by atoms with van der Waals surface area (Å²) in [6.45, 7) is 0. The molecule has 0 unspecified atom stereocenters. The van der Waals surface area contributed by atoms with Crippen LogP contribution in [0.3, 0.4) is 0 Å². The molecule has 1 aliphatic carbocycles. The van der Waals surface area contributed by atoms with Gasteiger partial charge in [0.05, 0.1) is 17.6 Å². The lowest BCUT2D eigenvalue weighted by Crippen LogP contribution is -2.36. The summed E-state index contributed by atoms with van der Waals surface area (Å²) in [5.41, 5.74) is 3.04. The highest BCUT2D eigenvalue weighted by Gasteiger charge is 2.49. The van der Waals surface area contributed by atoms with Gasteiger partial charge in [-0.2, -0.15) is 5.10 Å².